The van der Waals surface area contributed by atoms with Gasteiger partial charge in [-0.25, -0.2) is 4.39 Å². The molecule has 2 aromatic carbocycles. The molecule has 0 atom stereocenters. The van der Waals surface area contributed by atoms with E-state index >= 15 is 0 Å². The lowest BCUT2D eigenvalue weighted by Gasteiger charge is -2.12. The first-order chi connectivity index (χ1) is 12.5. The zero-order valence-corrected chi connectivity index (χ0v) is 14.9. The van der Waals surface area contributed by atoms with Crippen LogP contribution in [0.3, 0.4) is 0 Å². The molecule has 0 aliphatic rings. The molecule has 0 spiro atoms. The first-order valence-corrected chi connectivity index (χ1v) is 8.83. The summed E-state index contributed by atoms with van der Waals surface area (Å²) in [4.78, 5) is 11.1. The monoisotopic (exact) mass is 372 g/mol. The average Bonchev–Trinajstić information content (AvgIpc) is 3.03. The molecular weight excluding hydrogens is 355 g/mol. The van der Waals surface area contributed by atoms with Crippen molar-refractivity contribution in [3.05, 3.63) is 65.7 Å². The van der Waals surface area contributed by atoms with Crippen LogP contribution in [0.5, 0.6) is 5.75 Å². The Balaban J connectivity index is 1.90. The Bertz CT molecular complexity index is 912. The van der Waals surface area contributed by atoms with Gasteiger partial charge in [0.25, 0.3) is 0 Å². The minimum Gasteiger partial charge on any atom is -0.485 e. The summed E-state index contributed by atoms with van der Waals surface area (Å²) in [6.07, 6.45) is 0. The third-order valence-corrected chi connectivity index (χ3v) is 4.53. The number of primary amides is 1. The van der Waals surface area contributed by atoms with Gasteiger partial charge in [-0.05, 0) is 42.8 Å². The number of amides is 1. The zero-order chi connectivity index (χ0) is 18.5. The lowest BCUT2D eigenvalue weighted by atomic mass is 10.2. The molecule has 26 heavy (non-hydrogen) atoms. The fourth-order valence-corrected chi connectivity index (χ4v) is 3.04. The fourth-order valence-electron chi connectivity index (χ4n) is 2.33. The van der Waals surface area contributed by atoms with E-state index in [1.165, 1.54) is 23.9 Å². The molecule has 0 aliphatic heterocycles. The third kappa shape index (κ3) is 4.20. The SMILES string of the molecule is Cc1ccccc1OCc1nnc(SCC(N)=O)n1-c1ccc(F)cc1. The molecule has 1 heterocycles. The second kappa shape index (κ2) is 8.01. The molecule has 134 valence electrons. The van der Waals surface area contributed by atoms with Crippen LogP contribution >= 0.6 is 11.8 Å². The second-order valence-corrected chi connectivity index (χ2v) is 6.46. The van der Waals surface area contributed by atoms with E-state index < -0.39 is 5.91 Å². The number of para-hydroxylation sites is 1. The number of ether oxygens (including phenoxy) is 1. The molecule has 0 saturated heterocycles. The van der Waals surface area contributed by atoms with Gasteiger partial charge < -0.3 is 10.5 Å². The van der Waals surface area contributed by atoms with E-state index in [0.717, 1.165) is 11.3 Å². The van der Waals surface area contributed by atoms with Gasteiger partial charge in [0.15, 0.2) is 11.0 Å². The number of benzene rings is 2. The molecule has 6 nitrogen and oxygen atoms in total. The van der Waals surface area contributed by atoms with E-state index in [1.807, 2.05) is 31.2 Å². The maximum atomic E-state index is 13.3. The smallest absolute Gasteiger partial charge is 0.227 e. The zero-order valence-electron chi connectivity index (χ0n) is 14.1. The quantitative estimate of drug-likeness (QED) is 0.645. The van der Waals surface area contributed by atoms with Crippen molar-refractivity contribution in [2.24, 2.45) is 5.73 Å². The highest BCUT2D eigenvalue weighted by molar-refractivity contribution is 7.99. The standard InChI is InChI=1S/C18H17FN4O2S/c1-12-4-2-3-5-15(12)25-10-17-21-22-18(26-11-16(20)24)23(17)14-8-6-13(19)7-9-14/h2-9H,10-11H2,1H3,(H2,20,24). The van der Waals surface area contributed by atoms with Crippen molar-refractivity contribution >= 4 is 17.7 Å². The molecule has 1 aromatic heterocycles. The van der Waals surface area contributed by atoms with Gasteiger partial charge in [0, 0.05) is 5.69 Å². The van der Waals surface area contributed by atoms with Gasteiger partial charge in [0.05, 0.1) is 5.75 Å². The number of carbonyl (C=O) groups excluding carboxylic acids is 1. The Hall–Kier alpha value is -2.87. The van der Waals surface area contributed by atoms with Crippen molar-refractivity contribution in [2.75, 3.05) is 5.75 Å². The van der Waals surface area contributed by atoms with E-state index in [0.29, 0.717) is 16.7 Å². The minimum atomic E-state index is -0.457. The predicted octanol–water partition coefficient (Wildman–Crippen LogP) is 2.87. The average molecular weight is 372 g/mol. The van der Waals surface area contributed by atoms with E-state index in [9.17, 15) is 9.18 Å². The summed E-state index contributed by atoms with van der Waals surface area (Å²) in [5.74, 6) is 0.546. The maximum absolute atomic E-state index is 13.3. The van der Waals surface area contributed by atoms with Gasteiger partial charge in [0.2, 0.25) is 5.91 Å². The highest BCUT2D eigenvalue weighted by Crippen LogP contribution is 2.24. The van der Waals surface area contributed by atoms with Crippen LogP contribution in [0.15, 0.2) is 53.7 Å². The van der Waals surface area contributed by atoms with Crippen molar-refractivity contribution in [3.63, 3.8) is 0 Å². The lowest BCUT2D eigenvalue weighted by Crippen LogP contribution is -2.14. The number of hydrogen-bond acceptors (Lipinski definition) is 5. The minimum absolute atomic E-state index is 0.0674. The number of rotatable bonds is 7. The number of nitrogens with zero attached hydrogens (tertiary/aromatic N) is 3. The van der Waals surface area contributed by atoms with Crippen molar-refractivity contribution in [3.8, 4) is 11.4 Å². The summed E-state index contributed by atoms with van der Waals surface area (Å²) in [7, 11) is 0. The number of aromatic nitrogens is 3. The van der Waals surface area contributed by atoms with Crippen molar-refractivity contribution < 1.29 is 13.9 Å². The molecule has 0 radical (unpaired) electrons. The number of aryl methyl sites for hydroxylation is 1. The molecule has 2 N–H and O–H groups in total. The predicted molar refractivity (Wildman–Crippen MR) is 96.7 cm³/mol. The van der Waals surface area contributed by atoms with Crippen LogP contribution in [0.25, 0.3) is 5.69 Å². The van der Waals surface area contributed by atoms with Crippen LogP contribution in [0, 0.1) is 12.7 Å². The van der Waals surface area contributed by atoms with Crippen LogP contribution < -0.4 is 10.5 Å². The topological polar surface area (TPSA) is 83.0 Å². The Kier molecular flexibility index (Phi) is 5.52. The molecule has 3 rings (SSSR count). The Labute approximate surface area is 154 Å². The first-order valence-electron chi connectivity index (χ1n) is 7.84. The van der Waals surface area contributed by atoms with Crippen LogP contribution in [-0.4, -0.2) is 26.4 Å². The van der Waals surface area contributed by atoms with E-state index in [1.54, 1.807) is 16.7 Å². The molecule has 0 aliphatic carbocycles. The van der Waals surface area contributed by atoms with Crippen LogP contribution in [0.4, 0.5) is 4.39 Å². The Morgan fingerprint density at radius 2 is 1.92 bits per heavy atom. The summed E-state index contributed by atoms with van der Waals surface area (Å²) >= 11 is 1.17. The summed E-state index contributed by atoms with van der Waals surface area (Å²) in [5.41, 5.74) is 6.89. The van der Waals surface area contributed by atoms with E-state index in [-0.39, 0.29) is 18.2 Å². The Morgan fingerprint density at radius 1 is 1.19 bits per heavy atom. The van der Waals surface area contributed by atoms with E-state index in [4.69, 9.17) is 10.5 Å². The summed E-state index contributed by atoms with van der Waals surface area (Å²) in [6, 6.07) is 13.6. The van der Waals surface area contributed by atoms with Crippen LogP contribution in [0.2, 0.25) is 0 Å². The van der Waals surface area contributed by atoms with Gasteiger partial charge in [-0.15, -0.1) is 10.2 Å². The highest BCUT2D eigenvalue weighted by atomic mass is 32.2. The molecule has 3 aromatic rings. The molecule has 0 unspecified atom stereocenters. The van der Waals surface area contributed by atoms with Crippen molar-refractivity contribution in [1.29, 1.82) is 0 Å². The Morgan fingerprint density at radius 3 is 2.62 bits per heavy atom. The van der Waals surface area contributed by atoms with Gasteiger partial charge in [-0.3, -0.25) is 9.36 Å². The molecule has 0 fully saturated rings. The number of carbonyl (C=O) groups is 1. The molecule has 0 bridgehead atoms. The number of nitrogens with two attached hydrogens (primary N) is 1. The summed E-state index contributed by atoms with van der Waals surface area (Å²) in [5, 5.41) is 8.76. The van der Waals surface area contributed by atoms with Gasteiger partial charge in [-0.1, -0.05) is 30.0 Å². The maximum Gasteiger partial charge on any atom is 0.227 e. The van der Waals surface area contributed by atoms with Crippen LogP contribution in [-0.2, 0) is 11.4 Å². The lowest BCUT2D eigenvalue weighted by molar-refractivity contribution is -0.115. The number of hydrogen-bond donors (Lipinski definition) is 1. The second-order valence-electron chi connectivity index (χ2n) is 5.52. The van der Waals surface area contributed by atoms with Crippen molar-refractivity contribution in [2.45, 2.75) is 18.7 Å². The normalized spacial score (nSPS) is 10.7. The van der Waals surface area contributed by atoms with Crippen molar-refractivity contribution in [1.82, 2.24) is 14.8 Å². The van der Waals surface area contributed by atoms with Crippen LogP contribution in [0.1, 0.15) is 11.4 Å². The number of halogens is 1. The summed E-state index contributed by atoms with van der Waals surface area (Å²) < 4.78 is 20.8. The van der Waals surface area contributed by atoms with Gasteiger partial charge >= 0.3 is 0 Å². The molecule has 8 heteroatoms. The van der Waals surface area contributed by atoms with Gasteiger partial charge in [0.1, 0.15) is 18.2 Å². The fraction of sp³-hybridized carbons (Fsp3) is 0.167. The highest BCUT2D eigenvalue weighted by Gasteiger charge is 2.16. The molecule has 0 saturated carbocycles. The number of thioether (sulfide) groups is 1. The summed E-state index contributed by atoms with van der Waals surface area (Å²) in [6.45, 7) is 2.13. The van der Waals surface area contributed by atoms with Gasteiger partial charge in [-0.2, -0.15) is 0 Å². The first kappa shape index (κ1) is 17.9. The van der Waals surface area contributed by atoms with E-state index in [2.05, 4.69) is 10.2 Å². The largest absolute Gasteiger partial charge is 0.485 e. The third-order valence-electron chi connectivity index (χ3n) is 3.58. The molecular formula is C18H17FN4O2S. The molecule has 1 amide bonds.